The van der Waals surface area contributed by atoms with Gasteiger partial charge < -0.3 is 10.1 Å². The Kier molecular flexibility index (Phi) is 4.50. The van der Waals surface area contributed by atoms with E-state index in [9.17, 15) is 14.4 Å². The van der Waals surface area contributed by atoms with Gasteiger partial charge in [-0.25, -0.2) is 14.5 Å². The molecule has 110 valence electrons. The SMILES string of the molecule is CCOC(=O)/C=C1/NC(=O)N(c2cc(Cl)ccc2Cl)C1=O. The summed E-state index contributed by atoms with van der Waals surface area (Å²) < 4.78 is 4.69. The number of urea groups is 1. The Labute approximate surface area is 130 Å². The maximum absolute atomic E-state index is 12.2. The first-order chi connectivity index (χ1) is 9.93. The zero-order valence-corrected chi connectivity index (χ0v) is 12.4. The van der Waals surface area contributed by atoms with Gasteiger partial charge in [0, 0.05) is 5.02 Å². The third kappa shape index (κ3) is 3.17. The van der Waals surface area contributed by atoms with E-state index in [0.717, 1.165) is 11.0 Å². The molecule has 0 atom stereocenters. The third-order valence-electron chi connectivity index (χ3n) is 2.58. The van der Waals surface area contributed by atoms with Crippen LogP contribution >= 0.6 is 23.2 Å². The van der Waals surface area contributed by atoms with E-state index < -0.39 is 17.9 Å². The van der Waals surface area contributed by atoms with Crippen LogP contribution in [-0.2, 0) is 14.3 Å². The van der Waals surface area contributed by atoms with Gasteiger partial charge in [0.1, 0.15) is 5.70 Å². The third-order valence-corrected chi connectivity index (χ3v) is 3.13. The van der Waals surface area contributed by atoms with Gasteiger partial charge in [0.15, 0.2) is 0 Å². The quantitative estimate of drug-likeness (QED) is 0.525. The van der Waals surface area contributed by atoms with E-state index >= 15 is 0 Å². The van der Waals surface area contributed by atoms with Gasteiger partial charge >= 0.3 is 12.0 Å². The highest BCUT2D eigenvalue weighted by Gasteiger charge is 2.36. The summed E-state index contributed by atoms with van der Waals surface area (Å²) in [6.07, 6.45) is 0.919. The summed E-state index contributed by atoms with van der Waals surface area (Å²) in [6.45, 7) is 1.79. The average Bonchev–Trinajstić information content (AvgIpc) is 2.68. The lowest BCUT2D eigenvalue weighted by atomic mass is 10.3. The molecule has 0 unspecified atom stereocenters. The number of anilines is 1. The fourth-order valence-corrected chi connectivity index (χ4v) is 2.08. The Bertz CT molecular complexity index is 658. The molecule has 0 bridgehead atoms. The largest absolute Gasteiger partial charge is 0.463 e. The Morgan fingerprint density at radius 2 is 2.10 bits per heavy atom. The summed E-state index contributed by atoms with van der Waals surface area (Å²) in [5.74, 6) is -1.43. The van der Waals surface area contributed by atoms with E-state index in [4.69, 9.17) is 23.2 Å². The number of hydrogen-bond acceptors (Lipinski definition) is 4. The Hall–Kier alpha value is -2.05. The molecule has 1 aromatic rings. The molecule has 0 radical (unpaired) electrons. The molecule has 1 N–H and O–H groups in total. The van der Waals surface area contributed by atoms with Crippen LogP contribution in [0.3, 0.4) is 0 Å². The molecule has 0 spiro atoms. The first kappa shape index (κ1) is 15.3. The lowest BCUT2D eigenvalue weighted by Gasteiger charge is -2.13. The van der Waals surface area contributed by atoms with Crippen LogP contribution in [0.5, 0.6) is 0 Å². The second-order valence-corrected chi connectivity index (χ2v) is 4.82. The zero-order chi connectivity index (χ0) is 15.6. The summed E-state index contributed by atoms with van der Waals surface area (Å²) in [4.78, 5) is 36.2. The first-order valence-corrected chi connectivity index (χ1v) is 6.68. The number of carbonyl (C=O) groups is 3. The number of imide groups is 1. The van der Waals surface area contributed by atoms with Gasteiger partial charge in [-0.15, -0.1) is 0 Å². The minimum Gasteiger partial charge on any atom is -0.463 e. The van der Waals surface area contributed by atoms with Crippen molar-refractivity contribution in [1.29, 1.82) is 0 Å². The molecule has 3 amide bonds. The summed E-state index contributed by atoms with van der Waals surface area (Å²) in [5, 5.41) is 2.78. The van der Waals surface area contributed by atoms with Crippen LogP contribution in [0.2, 0.25) is 10.0 Å². The molecule has 21 heavy (non-hydrogen) atoms. The van der Waals surface area contributed by atoms with Crippen LogP contribution in [0, 0.1) is 0 Å². The van der Waals surface area contributed by atoms with Gasteiger partial charge in [0.05, 0.1) is 23.4 Å². The molecule has 0 aromatic heterocycles. The van der Waals surface area contributed by atoms with Crippen molar-refractivity contribution in [2.45, 2.75) is 6.92 Å². The van der Waals surface area contributed by atoms with E-state index in [1.165, 1.54) is 18.2 Å². The maximum atomic E-state index is 12.2. The van der Waals surface area contributed by atoms with E-state index in [2.05, 4.69) is 10.1 Å². The van der Waals surface area contributed by atoms with Gasteiger partial charge in [0.2, 0.25) is 0 Å². The molecule has 1 aromatic carbocycles. The van der Waals surface area contributed by atoms with Gasteiger partial charge in [-0.1, -0.05) is 23.2 Å². The van der Waals surface area contributed by atoms with Crippen molar-refractivity contribution in [2.75, 3.05) is 11.5 Å². The highest BCUT2D eigenvalue weighted by atomic mass is 35.5. The van der Waals surface area contributed by atoms with Crippen LogP contribution in [0.1, 0.15) is 6.92 Å². The monoisotopic (exact) mass is 328 g/mol. The van der Waals surface area contributed by atoms with E-state index in [1.54, 1.807) is 6.92 Å². The normalized spacial score (nSPS) is 16.3. The van der Waals surface area contributed by atoms with Crippen molar-refractivity contribution in [3.8, 4) is 0 Å². The Balaban J connectivity index is 2.35. The van der Waals surface area contributed by atoms with Crippen molar-refractivity contribution >= 4 is 46.8 Å². The predicted molar refractivity (Wildman–Crippen MR) is 77.2 cm³/mol. The number of hydrogen-bond donors (Lipinski definition) is 1. The fraction of sp³-hybridized carbons (Fsp3) is 0.154. The van der Waals surface area contributed by atoms with E-state index in [0.29, 0.717) is 5.02 Å². The topological polar surface area (TPSA) is 75.7 Å². The maximum Gasteiger partial charge on any atom is 0.333 e. The summed E-state index contributed by atoms with van der Waals surface area (Å²) >= 11 is 11.8. The second-order valence-electron chi connectivity index (χ2n) is 3.98. The molecule has 1 fully saturated rings. The van der Waals surface area contributed by atoms with Crippen LogP contribution < -0.4 is 10.2 Å². The molecule has 1 heterocycles. The minimum atomic E-state index is -0.722. The first-order valence-electron chi connectivity index (χ1n) is 5.93. The van der Waals surface area contributed by atoms with Gasteiger partial charge in [-0.05, 0) is 25.1 Å². The molecule has 8 heteroatoms. The molecular formula is C13H10Cl2N2O4. The fourth-order valence-electron chi connectivity index (χ4n) is 1.71. The number of benzene rings is 1. The molecule has 1 aliphatic heterocycles. The van der Waals surface area contributed by atoms with Crippen molar-refractivity contribution < 1.29 is 19.1 Å². The number of amides is 3. The number of nitrogens with zero attached hydrogens (tertiary/aromatic N) is 1. The highest BCUT2D eigenvalue weighted by molar-refractivity contribution is 6.38. The standard InChI is InChI=1S/C13H10Cl2N2O4/c1-2-21-11(18)6-9-12(19)17(13(20)16-9)10-5-7(14)3-4-8(10)15/h3-6H,2H2,1H3,(H,16,20)/b9-6+. The zero-order valence-electron chi connectivity index (χ0n) is 10.9. The van der Waals surface area contributed by atoms with Gasteiger partial charge in [-0.3, -0.25) is 4.79 Å². The molecule has 1 aliphatic rings. The Morgan fingerprint density at radius 3 is 2.76 bits per heavy atom. The van der Waals surface area contributed by atoms with Gasteiger partial charge in [-0.2, -0.15) is 0 Å². The smallest absolute Gasteiger partial charge is 0.333 e. The molecule has 1 saturated heterocycles. The lowest BCUT2D eigenvalue weighted by molar-refractivity contribution is -0.137. The number of carbonyl (C=O) groups excluding carboxylic acids is 3. The summed E-state index contributed by atoms with van der Waals surface area (Å²) in [5.41, 5.74) is -0.0478. The lowest BCUT2D eigenvalue weighted by Crippen LogP contribution is -2.30. The molecule has 2 rings (SSSR count). The summed E-state index contributed by atoms with van der Waals surface area (Å²) in [7, 11) is 0. The van der Waals surface area contributed by atoms with Crippen LogP contribution in [0.25, 0.3) is 0 Å². The number of ether oxygens (including phenoxy) is 1. The van der Waals surface area contributed by atoms with Crippen molar-refractivity contribution in [2.24, 2.45) is 0 Å². The molecule has 6 nitrogen and oxygen atoms in total. The van der Waals surface area contributed by atoms with Crippen LogP contribution in [-0.4, -0.2) is 24.5 Å². The van der Waals surface area contributed by atoms with Crippen molar-refractivity contribution in [1.82, 2.24) is 5.32 Å². The highest BCUT2D eigenvalue weighted by Crippen LogP contribution is 2.31. The summed E-state index contributed by atoms with van der Waals surface area (Å²) in [6, 6.07) is 3.66. The number of nitrogens with one attached hydrogen (secondary N) is 1. The van der Waals surface area contributed by atoms with E-state index in [-0.39, 0.29) is 23.0 Å². The number of rotatable bonds is 3. The molecule has 0 aliphatic carbocycles. The van der Waals surface area contributed by atoms with E-state index in [1.807, 2.05) is 0 Å². The molecular weight excluding hydrogens is 319 g/mol. The second kappa shape index (κ2) is 6.15. The number of halogens is 2. The minimum absolute atomic E-state index is 0.138. The predicted octanol–water partition coefficient (Wildman–Crippen LogP) is 2.50. The van der Waals surface area contributed by atoms with Crippen LogP contribution in [0.4, 0.5) is 10.5 Å². The average molecular weight is 329 g/mol. The van der Waals surface area contributed by atoms with Gasteiger partial charge in [0.25, 0.3) is 5.91 Å². The van der Waals surface area contributed by atoms with Crippen molar-refractivity contribution in [3.63, 3.8) is 0 Å². The Morgan fingerprint density at radius 1 is 1.38 bits per heavy atom. The molecule has 0 saturated carbocycles. The van der Waals surface area contributed by atoms with Crippen LogP contribution in [0.15, 0.2) is 30.0 Å². The number of esters is 1. The van der Waals surface area contributed by atoms with Crippen molar-refractivity contribution in [3.05, 3.63) is 40.0 Å².